The van der Waals surface area contributed by atoms with Gasteiger partial charge in [0.15, 0.2) is 0 Å². The van der Waals surface area contributed by atoms with E-state index in [2.05, 4.69) is 88.0 Å². The summed E-state index contributed by atoms with van der Waals surface area (Å²) >= 11 is 0. The zero-order valence-corrected chi connectivity index (χ0v) is 16.0. The van der Waals surface area contributed by atoms with Crippen molar-refractivity contribution in [1.82, 2.24) is 0 Å². The van der Waals surface area contributed by atoms with Crippen LogP contribution < -0.4 is 10.4 Å². The van der Waals surface area contributed by atoms with Crippen LogP contribution in [-0.2, 0) is 9.16 Å². The summed E-state index contributed by atoms with van der Waals surface area (Å²) < 4.78 is 12.2. The first kappa shape index (κ1) is 18.7. The standard InChI is InChI=1S/C21H28O2Si/c1-5-16-22-17-18-23-24(21(2,3)4,19-12-8-6-9-13-19)20-14-10-7-11-15-20/h5-15H,1,16-18H2,2-4H3. The Labute approximate surface area is 147 Å². The fraction of sp³-hybridized carbons (Fsp3) is 0.333. The molecule has 0 N–H and O–H groups in total. The maximum absolute atomic E-state index is 6.69. The molecule has 0 heterocycles. The minimum Gasteiger partial charge on any atom is -0.405 e. The summed E-state index contributed by atoms with van der Waals surface area (Å²) in [6, 6.07) is 21.3. The van der Waals surface area contributed by atoms with Crippen LogP contribution in [0.1, 0.15) is 20.8 Å². The summed E-state index contributed by atoms with van der Waals surface area (Å²) in [6.45, 7) is 12.3. The van der Waals surface area contributed by atoms with Gasteiger partial charge in [0, 0.05) is 0 Å². The molecule has 0 radical (unpaired) electrons. The van der Waals surface area contributed by atoms with Gasteiger partial charge in [-0.05, 0) is 15.4 Å². The topological polar surface area (TPSA) is 18.5 Å². The third-order valence-corrected chi connectivity index (χ3v) is 9.24. The third kappa shape index (κ3) is 4.04. The first-order valence-corrected chi connectivity index (χ1v) is 10.4. The molecule has 3 heteroatoms. The van der Waals surface area contributed by atoms with Gasteiger partial charge in [0.2, 0.25) is 0 Å². The Bertz CT molecular complexity index is 578. The molecule has 0 aliphatic carbocycles. The summed E-state index contributed by atoms with van der Waals surface area (Å²) in [5, 5.41) is 2.61. The Morgan fingerprint density at radius 2 is 1.38 bits per heavy atom. The van der Waals surface area contributed by atoms with Crippen molar-refractivity contribution in [2.75, 3.05) is 19.8 Å². The predicted molar refractivity (Wildman–Crippen MR) is 105 cm³/mol. The van der Waals surface area contributed by atoms with Crippen LogP contribution in [0.5, 0.6) is 0 Å². The quantitative estimate of drug-likeness (QED) is 0.414. The highest BCUT2D eigenvalue weighted by Crippen LogP contribution is 2.36. The Morgan fingerprint density at radius 1 is 0.875 bits per heavy atom. The van der Waals surface area contributed by atoms with E-state index in [0.717, 1.165) is 0 Å². The summed E-state index contributed by atoms with van der Waals surface area (Å²) in [7, 11) is -2.42. The number of hydrogen-bond acceptors (Lipinski definition) is 2. The molecule has 128 valence electrons. The highest BCUT2D eigenvalue weighted by molar-refractivity contribution is 6.99. The number of ether oxygens (including phenoxy) is 1. The molecule has 0 bridgehead atoms. The van der Waals surface area contributed by atoms with E-state index < -0.39 is 8.32 Å². The average molecular weight is 341 g/mol. The fourth-order valence-corrected chi connectivity index (χ4v) is 7.73. The van der Waals surface area contributed by atoms with Crippen molar-refractivity contribution in [3.05, 3.63) is 73.3 Å². The van der Waals surface area contributed by atoms with Gasteiger partial charge >= 0.3 is 0 Å². The van der Waals surface area contributed by atoms with E-state index in [9.17, 15) is 0 Å². The van der Waals surface area contributed by atoms with Crippen LogP contribution in [-0.4, -0.2) is 28.1 Å². The van der Waals surface area contributed by atoms with Crippen LogP contribution in [0.25, 0.3) is 0 Å². The molecule has 0 aliphatic rings. The van der Waals surface area contributed by atoms with Crippen LogP contribution in [0, 0.1) is 0 Å². The van der Waals surface area contributed by atoms with E-state index in [-0.39, 0.29) is 5.04 Å². The van der Waals surface area contributed by atoms with Crippen molar-refractivity contribution >= 4 is 18.7 Å². The summed E-state index contributed by atoms with van der Waals surface area (Å²) in [5.41, 5.74) is 0. The molecule has 0 unspecified atom stereocenters. The Balaban J connectivity index is 2.43. The molecule has 2 aromatic carbocycles. The maximum atomic E-state index is 6.69. The van der Waals surface area contributed by atoms with Crippen LogP contribution in [0.3, 0.4) is 0 Å². The lowest BCUT2D eigenvalue weighted by Gasteiger charge is -2.43. The molecule has 0 amide bonds. The smallest absolute Gasteiger partial charge is 0.261 e. The van der Waals surface area contributed by atoms with Crippen LogP contribution in [0.4, 0.5) is 0 Å². The molecule has 24 heavy (non-hydrogen) atoms. The molecule has 0 spiro atoms. The Hall–Kier alpha value is -1.68. The summed E-state index contributed by atoms with van der Waals surface area (Å²) in [6.07, 6.45) is 1.77. The average Bonchev–Trinajstić information content (AvgIpc) is 2.59. The molecular weight excluding hydrogens is 312 g/mol. The number of rotatable bonds is 8. The van der Waals surface area contributed by atoms with Crippen LogP contribution >= 0.6 is 0 Å². The van der Waals surface area contributed by atoms with E-state index in [4.69, 9.17) is 9.16 Å². The van der Waals surface area contributed by atoms with Crippen LogP contribution in [0.2, 0.25) is 5.04 Å². The minimum absolute atomic E-state index is 0.00808. The van der Waals surface area contributed by atoms with E-state index >= 15 is 0 Å². The Kier molecular flexibility index (Phi) is 6.55. The van der Waals surface area contributed by atoms with Gasteiger partial charge in [0.25, 0.3) is 8.32 Å². The van der Waals surface area contributed by atoms with Gasteiger partial charge < -0.3 is 9.16 Å². The molecule has 0 saturated heterocycles. The zero-order chi connectivity index (χ0) is 17.5. The lowest BCUT2D eigenvalue weighted by molar-refractivity contribution is 0.117. The molecule has 0 aliphatic heterocycles. The molecule has 2 aromatic rings. The largest absolute Gasteiger partial charge is 0.405 e. The number of hydrogen-bond donors (Lipinski definition) is 0. The molecule has 2 rings (SSSR count). The normalized spacial score (nSPS) is 12.1. The Morgan fingerprint density at radius 3 is 1.79 bits per heavy atom. The van der Waals surface area contributed by atoms with Crippen molar-refractivity contribution in [1.29, 1.82) is 0 Å². The van der Waals surface area contributed by atoms with Crippen LogP contribution in [0.15, 0.2) is 73.3 Å². The summed E-state index contributed by atoms with van der Waals surface area (Å²) in [5.74, 6) is 0. The lowest BCUT2D eigenvalue weighted by Crippen LogP contribution is -2.66. The van der Waals surface area contributed by atoms with Crippen molar-refractivity contribution in [3.8, 4) is 0 Å². The molecule has 0 atom stereocenters. The first-order valence-electron chi connectivity index (χ1n) is 8.46. The predicted octanol–water partition coefficient (Wildman–Crippen LogP) is 3.77. The SMILES string of the molecule is C=CCOCCO[Si](c1ccccc1)(c1ccccc1)C(C)(C)C. The second-order valence-electron chi connectivity index (χ2n) is 6.88. The van der Waals surface area contributed by atoms with Gasteiger partial charge in [-0.1, -0.05) is 87.5 Å². The first-order chi connectivity index (χ1) is 11.5. The van der Waals surface area contributed by atoms with Crippen molar-refractivity contribution < 1.29 is 9.16 Å². The second-order valence-corrected chi connectivity index (χ2v) is 11.2. The summed E-state index contributed by atoms with van der Waals surface area (Å²) in [4.78, 5) is 0. The molecule has 0 fully saturated rings. The van der Waals surface area contributed by atoms with Gasteiger partial charge in [-0.3, -0.25) is 0 Å². The second kappa shape index (κ2) is 8.43. The van der Waals surface area contributed by atoms with E-state index in [1.165, 1.54) is 10.4 Å². The highest BCUT2D eigenvalue weighted by atomic mass is 28.4. The van der Waals surface area contributed by atoms with Crippen molar-refractivity contribution in [3.63, 3.8) is 0 Å². The van der Waals surface area contributed by atoms with Crippen molar-refractivity contribution in [2.24, 2.45) is 0 Å². The van der Waals surface area contributed by atoms with Gasteiger partial charge in [-0.25, -0.2) is 0 Å². The molecule has 0 aromatic heterocycles. The van der Waals surface area contributed by atoms with Crippen molar-refractivity contribution in [2.45, 2.75) is 25.8 Å². The monoisotopic (exact) mass is 340 g/mol. The highest BCUT2D eigenvalue weighted by Gasteiger charge is 2.49. The number of benzene rings is 2. The van der Waals surface area contributed by atoms with Gasteiger partial charge in [-0.15, -0.1) is 6.58 Å². The third-order valence-electron chi connectivity index (χ3n) is 4.20. The van der Waals surface area contributed by atoms with E-state index in [0.29, 0.717) is 19.8 Å². The molecule has 0 saturated carbocycles. The van der Waals surface area contributed by atoms with E-state index in [1.54, 1.807) is 6.08 Å². The molecule has 2 nitrogen and oxygen atoms in total. The minimum atomic E-state index is -2.42. The maximum Gasteiger partial charge on any atom is 0.261 e. The lowest BCUT2D eigenvalue weighted by atomic mass is 10.2. The van der Waals surface area contributed by atoms with Gasteiger partial charge in [0.05, 0.1) is 19.8 Å². The van der Waals surface area contributed by atoms with Gasteiger partial charge in [0.1, 0.15) is 0 Å². The van der Waals surface area contributed by atoms with Gasteiger partial charge in [-0.2, -0.15) is 0 Å². The molecular formula is C21H28O2Si. The zero-order valence-electron chi connectivity index (χ0n) is 15.0. The fourth-order valence-electron chi connectivity index (χ4n) is 3.18. The van der Waals surface area contributed by atoms with E-state index in [1.807, 2.05) is 0 Å².